The molecular formula is C7H12F3O3S2Te+. The molecule has 16 heavy (non-hydrogen) atoms. The van der Waals surface area contributed by atoms with E-state index in [9.17, 15) is 21.6 Å². The first-order chi connectivity index (χ1) is 7.27. The third kappa shape index (κ3) is 2.21. The Labute approximate surface area is 98.0 Å². The summed E-state index contributed by atoms with van der Waals surface area (Å²) < 4.78 is 64.9. The molecule has 2 heterocycles. The number of fused-ring (bicyclic) bond motifs is 1. The van der Waals surface area contributed by atoms with E-state index in [0.717, 1.165) is 24.3 Å². The zero-order chi connectivity index (χ0) is 12.0. The van der Waals surface area contributed by atoms with E-state index < -0.39 is 32.8 Å². The summed E-state index contributed by atoms with van der Waals surface area (Å²) in [6, 6.07) is 0. The molecule has 2 aliphatic heterocycles. The zero-order valence-corrected chi connectivity index (χ0v) is 12.3. The molecule has 2 fully saturated rings. The van der Waals surface area contributed by atoms with Crippen LogP contribution in [0.5, 0.6) is 0 Å². The van der Waals surface area contributed by atoms with Crippen molar-refractivity contribution in [1.29, 1.82) is 0 Å². The van der Waals surface area contributed by atoms with E-state index in [0.29, 0.717) is 8.94 Å². The van der Waals surface area contributed by atoms with Gasteiger partial charge in [-0.1, -0.05) is 0 Å². The Morgan fingerprint density at radius 1 is 1.12 bits per heavy atom. The quantitative estimate of drug-likeness (QED) is 0.408. The molecule has 3 nitrogen and oxygen atoms in total. The summed E-state index contributed by atoms with van der Waals surface area (Å²) >= 11 is -3.21. The van der Waals surface area contributed by atoms with Crippen molar-refractivity contribution in [3.8, 4) is 0 Å². The van der Waals surface area contributed by atoms with Gasteiger partial charge in [0.05, 0.1) is 0 Å². The molecule has 0 amide bonds. The molecule has 2 saturated heterocycles. The van der Waals surface area contributed by atoms with Crippen molar-refractivity contribution in [2.75, 3.05) is 11.5 Å². The van der Waals surface area contributed by atoms with E-state index in [-0.39, 0.29) is 8.12 Å². The second kappa shape index (κ2) is 4.19. The van der Waals surface area contributed by atoms with Crippen LogP contribution in [0, 0.1) is 0 Å². The molecule has 0 N–H and O–H groups in total. The maximum atomic E-state index is 12.3. The number of halogens is 3. The normalized spacial score (nSPS) is 39.3. The van der Waals surface area contributed by atoms with Crippen molar-refractivity contribution in [3.05, 3.63) is 0 Å². The van der Waals surface area contributed by atoms with Gasteiger partial charge in [-0.05, 0) is 0 Å². The van der Waals surface area contributed by atoms with Crippen LogP contribution in [-0.4, -0.2) is 42.6 Å². The number of alkyl halides is 3. The van der Waals surface area contributed by atoms with Gasteiger partial charge in [-0.15, -0.1) is 0 Å². The standard InChI is InChI=1S/C7H12F3O3S2Te/c8-7(9,10)15(11,12)13-16-5-1-3-14(16)4-2-6-16/h1-6H2/q+1. The van der Waals surface area contributed by atoms with E-state index >= 15 is 0 Å². The summed E-state index contributed by atoms with van der Waals surface area (Å²) in [4.78, 5) is 0. The Bertz CT molecular complexity index is 371. The Morgan fingerprint density at radius 3 is 2.06 bits per heavy atom. The van der Waals surface area contributed by atoms with Crippen LogP contribution in [0.25, 0.3) is 0 Å². The Balaban J connectivity index is 2.21. The maximum absolute atomic E-state index is 12.3. The van der Waals surface area contributed by atoms with Gasteiger partial charge in [0, 0.05) is 0 Å². The fraction of sp³-hybridized carbons (Fsp3) is 1.00. The first kappa shape index (κ1) is 13.3. The summed E-state index contributed by atoms with van der Waals surface area (Å²) in [6.07, 6.45) is 1.69. The van der Waals surface area contributed by atoms with E-state index in [4.69, 9.17) is 2.55 Å². The predicted octanol–water partition coefficient (Wildman–Crippen LogP) is 1.72. The Kier molecular flexibility index (Phi) is 3.48. The van der Waals surface area contributed by atoms with Gasteiger partial charge in [0.15, 0.2) is 0 Å². The van der Waals surface area contributed by atoms with Crippen LogP contribution in [0.2, 0.25) is 8.94 Å². The van der Waals surface area contributed by atoms with Crippen molar-refractivity contribution in [2.45, 2.75) is 27.3 Å². The molecular weight excluding hydrogens is 381 g/mol. The van der Waals surface area contributed by atoms with Gasteiger partial charge in [-0.3, -0.25) is 0 Å². The molecule has 0 aromatic heterocycles. The second-order valence-electron chi connectivity index (χ2n) is 3.67. The Morgan fingerprint density at radius 2 is 1.62 bits per heavy atom. The van der Waals surface area contributed by atoms with Gasteiger partial charge in [0.25, 0.3) is 0 Å². The summed E-state index contributed by atoms with van der Waals surface area (Å²) in [5.74, 6) is 1.77. The topological polar surface area (TPSA) is 43.4 Å². The van der Waals surface area contributed by atoms with Gasteiger partial charge in [-0.25, -0.2) is 0 Å². The first-order valence-corrected chi connectivity index (χ1v) is 14.8. The fourth-order valence-electron chi connectivity index (χ4n) is 1.93. The van der Waals surface area contributed by atoms with Crippen molar-refractivity contribution in [3.63, 3.8) is 0 Å². The monoisotopic (exact) mass is 395 g/mol. The second-order valence-corrected chi connectivity index (χ2v) is 22.7. The number of rotatable bonds is 2. The van der Waals surface area contributed by atoms with Crippen LogP contribution in [0.3, 0.4) is 0 Å². The average molecular weight is 393 g/mol. The van der Waals surface area contributed by atoms with E-state index in [1.807, 2.05) is 0 Å². The van der Waals surface area contributed by atoms with Gasteiger partial charge < -0.3 is 0 Å². The molecule has 2 aliphatic rings. The van der Waals surface area contributed by atoms with Crippen LogP contribution < -0.4 is 0 Å². The van der Waals surface area contributed by atoms with Gasteiger partial charge in [0.2, 0.25) is 0 Å². The number of hydrogen-bond acceptors (Lipinski definition) is 3. The number of hydrogen-bond donors (Lipinski definition) is 0. The average Bonchev–Trinajstić information content (AvgIpc) is 2.58. The molecule has 0 radical (unpaired) electrons. The minimum absolute atomic E-state index is 0.119. The van der Waals surface area contributed by atoms with Gasteiger partial charge in [0.1, 0.15) is 0 Å². The van der Waals surface area contributed by atoms with Crippen molar-refractivity contribution in [2.24, 2.45) is 0 Å². The third-order valence-electron chi connectivity index (χ3n) is 2.58. The molecule has 0 saturated carbocycles. The summed E-state index contributed by atoms with van der Waals surface area (Å²) in [7, 11) is -5.47. The molecule has 2 rings (SSSR count). The van der Waals surface area contributed by atoms with Crippen LogP contribution >= 0.6 is 0 Å². The molecule has 0 unspecified atom stereocenters. The van der Waals surface area contributed by atoms with E-state index in [1.165, 1.54) is 0 Å². The minimum atomic E-state index is -5.35. The molecule has 0 aromatic rings. The van der Waals surface area contributed by atoms with Crippen molar-refractivity contribution < 1.29 is 24.1 Å². The van der Waals surface area contributed by atoms with Crippen LogP contribution in [-0.2, 0) is 20.8 Å². The Hall–Kier alpha value is 0.840. The molecule has 0 aliphatic carbocycles. The van der Waals surface area contributed by atoms with Crippen LogP contribution in [0.1, 0.15) is 12.8 Å². The van der Waals surface area contributed by atoms with E-state index in [1.54, 1.807) is 0 Å². The van der Waals surface area contributed by atoms with Crippen LogP contribution in [0.4, 0.5) is 13.2 Å². The molecule has 0 atom stereocenters. The van der Waals surface area contributed by atoms with E-state index in [2.05, 4.69) is 0 Å². The van der Waals surface area contributed by atoms with Crippen molar-refractivity contribution >= 4 is 35.5 Å². The molecule has 0 spiro atoms. The third-order valence-corrected chi connectivity index (χ3v) is 28.3. The molecule has 0 bridgehead atoms. The van der Waals surface area contributed by atoms with Crippen LogP contribution in [0.15, 0.2) is 0 Å². The molecule has 96 valence electrons. The predicted molar refractivity (Wildman–Crippen MR) is 57.8 cm³/mol. The molecule has 9 heteroatoms. The summed E-state index contributed by atoms with van der Waals surface area (Å²) in [5, 5.41) is 0. The van der Waals surface area contributed by atoms with Gasteiger partial charge in [-0.2, -0.15) is 0 Å². The first-order valence-electron chi connectivity index (χ1n) is 4.76. The fourth-order valence-corrected chi connectivity index (χ4v) is 31.0. The molecule has 0 aromatic carbocycles. The summed E-state index contributed by atoms with van der Waals surface area (Å²) in [5.41, 5.74) is -5.26. The van der Waals surface area contributed by atoms with Gasteiger partial charge >= 0.3 is 98.4 Å². The SMILES string of the molecule is O=S(=O)(O[Te]12CCC[S+]1CCC2)C(F)(F)F. The van der Waals surface area contributed by atoms with Crippen molar-refractivity contribution in [1.82, 2.24) is 0 Å². The summed E-state index contributed by atoms with van der Waals surface area (Å²) in [6.45, 7) is 0. The zero-order valence-electron chi connectivity index (χ0n) is 8.33.